The molecule has 2 nitrogen and oxygen atoms in total. The van der Waals surface area contributed by atoms with Gasteiger partial charge in [-0.15, -0.1) is 0 Å². The van der Waals surface area contributed by atoms with E-state index in [1.165, 1.54) is 40.7 Å². The Labute approximate surface area is 116 Å². The van der Waals surface area contributed by atoms with E-state index in [-0.39, 0.29) is 5.91 Å². The van der Waals surface area contributed by atoms with Crippen LogP contribution in [0.4, 0.5) is 0 Å². The summed E-state index contributed by atoms with van der Waals surface area (Å²) in [5, 5.41) is 2.78. The molecule has 1 aromatic rings. The van der Waals surface area contributed by atoms with Gasteiger partial charge in [-0.3, -0.25) is 4.79 Å². The average Bonchev–Trinajstić information content (AvgIpc) is 3.19. The van der Waals surface area contributed by atoms with Crippen molar-refractivity contribution in [3.05, 3.63) is 33.9 Å². The Morgan fingerprint density at radius 1 is 1.21 bits per heavy atom. The molecule has 1 amide bonds. The SMILES string of the molecule is CNC(=O)CC(c1c(C)c(C)cc(C)c1C)C1CC1. The van der Waals surface area contributed by atoms with Crippen molar-refractivity contribution < 1.29 is 4.79 Å². The van der Waals surface area contributed by atoms with Crippen molar-refractivity contribution in [2.45, 2.75) is 52.9 Å². The van der Waals surface area contributed by atoms with Gasteiger partial charge in [0.15, 0.2) is 0 Å². The number of nitrogens with one attached hydrogen (secondary N) is 1. The van der Waals surface area contributed by atoms with Crippen molar-refractivity contribution >= 4 is 5.91 Å². The van der Waals surface area contributed by atoms with Crippen LogP contribution in [-0.2, 0) is 4.79 Å². The third-order valence-electron chi connectivity index (χ3n) is 4.67. The fraction of sp³-hybridized carbons (Fsp3) is 0.588. The third-order valence-corrected chi connectivity index (χ3v) is 4.67. The minimum absolute atomic E-state index is 0.162. The number of hydrogen-bond acceptors (Lipinski definition) is 1. The molecule has 1 aliphatic carbocycles. The summed E-state index contributed by atoms with van der Waals surface area (Å²) in [5.74, 6) is 1.27. The lowest BCUT2D eigenvalue weighted by Crippen LogP contribution is -2.22. The quantitative estimate of drug-likeness (QED) is 0.880. The molecule has 0 saturated heterocycles. The van der Waals surface area contributed by atoms with Crippen molar-refractivity contribution in [1.82, 2.24) is 5.32 Å². The smallest absolute Gasteiger partial charge is 0.220 e. The molecule has 1 fully saturated rings. The van der Waals surface area contributed by atoms with Crippen LogP contribution in [0.2, 0.25) is 0 Å². The van der Waals surface area contributed by atoms with Crippen molar-refractivity contribution in [2.24, 2.45) is 5.92 Å². The van der Waals surface area contributed by atoms with Crippen LogP contribution in [-0.4, -0.2) is 13.0 Å². The fourth-order valence-corrected chi connectivity index (χ4v) is 3.11. The van der Waals surface area contributed by atoms with E-state index in [1.807, 2.05) is 0 Å². The Morgan fingerprint density at radius 2 is 1.74 bits per heavy atom. The minimum atomic E-state index is 0.162. The summed E-state index contributed by atoms with van der Waals surface area (Å²) < 4.78 is 0. The van der Waals surface area contributed by atoms with Gasteiger partial charge in [0, 0.05) is 13.5 Å². The highest BCUT2D eigenvalue weighted by Crippen LogP contribution is 2.47. The van der Waals surface area contributed by atoms with Crippen molar-refractivity contribution in [1.29, 1.82) is 0 Å². The van der Waals surface area contributed by atoms with Gasteiger partial charge in [0.25, 0.3) is 0 Å². The lowest BCUT2D eigenvalue weighted by atomic mass is 9.81. The summed E-state index contributed by atoms with van der Waals surface area (Å²) in [7, 11) is 1.73. The highest BCUT2D eigenvalue weighted by molar-refractivity contribution is 5.77. The maximum Gasteiger partial charge on any atom is 0.220 e. The predicted molar refractivity (Wildman–Crippen MR) is 79.5 cm³/mol. The molecule has 0 aliphatic heterocycles. The number of hydrogen-bond donors (Lipinski definition) is 1. The van der Waals surface area contributed by atoms with E-state index in [1.54, 1.807) is 7.05 Å². The van der Waals surface area contributed by atoms with Crippen LogP contribution in [0.5, 0.6) is 0 Å². The average molecular weight is 259 g/mol. The molecule has 1 atom stereocenters. The predicted octanol–water partition coefficient (Wildman–Crippen LogP) is 3.55. The van der Waals surface area contributed by atoms with Gasteiger partial charge in [0.05, 0.1) is 0 Å². The monoisotopic (exact) mass is 259 g/mol. The Hall–Kier alpha value is -1.31. The Bertz CT molecular complexity index is 474. The third kappa shape index (κ3) is 2.83. The van der Waals surface area contributed by atoms with E-state index >= 15 is 0 Å². The van der Waals surface area contributed by atoms with E-state index < -0.39 is 0 Å². The first-order chi connectivity index (χ1) is 8.95. The molecule has 1 aliphatic rings. The van der Waals surface area contributed by atoms with E-state index in [4.69, 9.17) is 0 Å². The standard InChI is InChI=1S/C17H25NO/c1-10-8-11(2)13(4)17(12(10)3)15(14-6-7-14)9-16(19)18-5/h8,14-15H,6-7,9H2,1-5H3,(H,18,19). The topological polar surface area (TPSA) is 29.1 Å². The second-order valence-electron chi connectivity index (χ2n) is 6.00. The summed E-state index contributed by atoms with van der Waals surface area (Å²) in [6.07, 6.45) is 3.17. The molecule has 0 heterocycles. The highest BCUT2D eigenvalue weighted by atomic mass is 16.1. The zero-order chi connectivity index (χ0) is 14.2. The summed E-state index contributed by atoms with van der Waals surface area (Å²) >= 11 is 0. The van der Waals surface area contributed by atoms with E-state index in [2.05, 4.69) is 39.1 Å². The number of carbonyl (C=O) groups excluding carboxylic acids is 1. The van der Waals surface area contributed by atoms with Gasteiger partial charge in [-0.05, 0) is 80.2 Å². The Kier molecular flexibility index (Phi) is 3.98. The zero-order valence-electron chi connectivity index (χ0n) is 12.8. The molecule has 2 rings (SSSR count). The van der Waals surface area contributed by atoms with Crippen LogP contribution < -0.4 is 5.32 Å². The van der Waals surface area contributed by atoms with Gasteiger partial charge in [0.2, 0.25) is 5.91 Å². The maximum absolute atomic E-state index is 11.8. The van der Waals surface area contributed by atoms with Crippen LogP contribution in [0.15, 0.2) is 6.07 Å². The van der Waals surface area contributed by atoms with Crippen LogP contribution >= 0.6 is 0 Å². The van der Waals surface area contributed by atoms with Gasteiger partial charge in [-0.25, -0.2) is 0 Å². The van der Waals surface area contributed by atoms with Gasteiger partial charge >= 0.3 is 0 Å². The molecule has 1 saturated carbocycles. The van der Waals surface area contributed by atoms with E-state index in [0.717, 1.165) is 0 Å². The molecule has 104 valence electrons. The molecule has 0 aromatic heterocycles. The molecule has 19 heavy (non-hydrogen) atoms. The van der Waals surface area contributed by atoms with Crippen molar-refractivity contribution in [2.75, 3.05) is 7.05 Å². The zero-order valence-corrected chi connectivity index (χ0v) is 12.8. The second-order valence-corrected chi connectivity index (χ2v) is 6.00. The summed E-state index contributed by atoms with van der Waals surface area (Å²) in [4.78, 5) is 11.8. The molecule has 1 N–H and O–H groups in total. The first-order valence-corrected chi connectivity index (χ1v) is 7.23. The number of benzene rings is 1. The van der Waals surface area contributed by atoms with Crippen LogP contribution in [0, 0.1) is 33.6 Å². The Balaban J connectivity index is 2.44. The number of aryl methyl sites for hydroxylation is 2. The van der Waals surface area contributed by atoms with E-state index in [0.29, 0.717) is 18.3 Å². The summed E-state index contributed by atoms with van der Waals surface area (Å²) in [5.41, 5.74) is 6.89. The molecular formula is C17H25NO. The number of amides is 1. The van der Waals surface area contributed by atoms with Crippen LogP contribution in [0.25, 0.3) is 0 Å². The molecule has 2 heteroatoms. The molecule has 0 bridgehead atoms. The van der Waals surface area contributed by atoms with Gasteiger partial charge in [-0.2, -0.15) is 0 Å². The second kappa shape index (κ2) is 5.36. The largest absolute Gasteiger partial charge is 0.359 e. The Morgan fingerprint density at radius 3 is 2.16 bits per heavy atom. The summed E-state index contributed by atoms with van der Waals surface area (Å²) in [6, 6.07) is 2.26. The van der Waals surface area contributed by atoms with Crippen LogP contribution in [0.3, 0.4) is 0 Å². The van der Waals surface area contributed by atoms with Crippen molar-refractivity contribution in [3.63, 3.8) is 0 Å². The first-order valence-electron chi connectivity index (χ1n) is 7.23. The molecule has 1 unspecified atom stereocenters. The van der Waals surface area contributed by atoms with Gasteiger partial charge in [-0.1, -0.05) is 6.07 Å². The minimum Gasteiger partial charge on any atom is -0.359 e. The number of carbonyl (C=O) groups is 1. The molecular weight excluding hydrogens is 234 g/mol. The lowest BCUT2D eigenvalue weighted by molar-refractivity contribution is -0.121. The van der Waals surface area contributed by atoms with E-state index in [9.17, 15) is 4.79 Å². The normalized spacial score (nSPS) is 16.3. The first kappa shape index (κ1) is 14.1. The molecule has 1 aromatic carbocycles. The summed E-state index contributed by atoms with van der Waals surface area (Å²) in [6.45, 7) is 8.76. The molecule has 0 radical (unpaired) electrons. The highest BCUT2D eigenvalue weighted by Gasteiger charge is 2.35. The lowest BCUT2D eigenvalue weighted by Gasteiger charge is -2.23. The van der Waals surface area contributed by atoms with Crippen LogP contribution in [0.1, 0.15) is 53.0 Å². The maximum atomic E-state index is 11.8. The van der Waals surface area contributed by atoms with Gasteiger partial charge in [0.1, 0.15) is 0 Å². The van der Waals surface area contributed by atoms with Gasteiger partial charge < -0.3 is 5.32 Å². The number of rotatable bonds is 4. The van der Waals surface area contributed by atoms with Crippen molar-refractivity contribution in [3.8, 4) is 0 Å². The fourth-order valence-electron chi connectivity index (χ4n) is 3.11. The molecule has 0 spiro atoms.